The average molecular weight is 329 g/mol. The van der Waals surface area contributed by atoms with Gasteiger partial charge in [-0.15, -0.1) is 0 Å². The highest BCUT2D eigenvalue weighted by Gasteiger charge is 2.20. The summed E-state index contributed by atoms with van der Waals surface area (Å²) in [6, 6.07) is 11.0. The summed E-state index contributed by atoms with van der Waals surface area (Å²) in [5.74, 6) is 0.537. The monoisotopic (exact) mass is 329 g/mol. The number of benzene rings is 1. The van der Waals surface area contributed by atoms with Crippen LogP contribution in [0.1, 0.15) is 5.56 Å². The smallest absolute Gasteiger partial charge is 0.238 e. The van der Waals surface area contributed by atoms with Crippen molar-refractivity contribution in [2.24, 2.45) is 5.14 Å². The van der Waals surface area contributed by atoms with Crippen LogP contribution in [0.25, 0.3) is 17.1 Å². The van der Waals surface area contributed by atoms with Crippen LogP contribution in [0.15, 0.2) is 52.0 Å². The van der Waals surface area contributed by atoms with Gasteiger partial charge in [-0.3, -0.25) is 0 Å². The van der Waals surface area contributed by atoms with Gasteiger partial charge in [0.05, 0.1) is 16.8 Å². The van der Waals surface area contributed by atoms with Crippen LogP contribution in [0.4, 0.5) is 5.82 Å². The minimum atomic E-state index is -3.78. The van der Waals surface area contributed by atoms with E-state index in [2.05, 4.69) is 5.10 Å². The van der Waals surface area contributed by atoms with Gasteiger partial charge in [-0.05, 0) is 36.4 Å². The zero-order valence-corrected chi connectivity index (χ0v) is 12.5. The highest BCUT2D eigenvalue weighted by atomic mass is 32.2. The molecule has 2 aromatic heterocycles. The van der Waals surface area contributed by atoms with Gasteiger partial charge in [-0.25, -0.2) is 18.2 Å². The Bertz CT molecular complexity index is 996. The third kappa shape index (κ3) is 2.57. The second kappa shape index (κ2) is 5.28. The lowest BCUT2D eigenvalue weighted by Crippen LogP contribution is -2.12. The van der Waals surface area contributed by atoms with Gasteiger partial charge < -0.3 is 10.2 Å². The Morgan fingerprint density at radius 1 is 1.22 bits per heavy atom. The zero-order valence-electron chi connectivity index (χ0n) is 11.7. The van der Waals surface area contributed by atoms with Crippen LogP contribution in [-0.2, 0) is 10.0 Å². The lowest BCUT2D eigenvalue weighted by Gasteiger charge is -2.04. The van der Waals surface area contributed by atoms with Crippen molar-refractivity contribution in [1.29, 1.82) is 5.26 Å². The van der Waals surface area contributed by atoms with E-state index >= 15 is 0 Å². The SMILES string of the molecule is N#Cc1c(-c2ccco2)nn(-c2ccc(S(N)(=O)=O)cc2)c1N. The van der Waals surface area contributed by atoms with E-state index in [1.807, 2.05) is 6.07 Å². The van der Waals surface area contributed by atoms with E-state index in [9.17, 15) is 13.7 Å². The average Bonchev–Trinajstić information content (AvgIpc) is 3.14. The maximum Gasteiger partial charge on any atom is 0.238 e. The van der Waals surface area contributed by atoms with Gasteiger partial charge >= 0.3 is 0 Å². The van der Waals surface area contributed by atoms with Gasteiger partial charge in [0.2, 0.25) is 10.0 Å². The fraction of sp³-hybridized carbons (Fsp3) is 0. The normalized spacial score (nSPS) is 11.3. The number of rotatable bonds is 3. The second-order valence-corrected chi connectivity index (χ2v) is 6.21. The van der Waals surface area contributed by atoms with Gasteiger partial charge in [0.15, 0.2) is 5.76 Å². The molecular formula is C14H11N5O3S. The summed E-state index contributed by atoms with van der Waals surface area (Å²) in [6.07, 6.45) is 1.46. The second-order valence-electron chi connectivity index (χ2n) is 4.65. The molecule has 0 radical (unpaired) electrons. The number of hydrogen-bond donors (Lipinski definition) is 2. The Kier molecular flexibility index (Phi) is 3.40. The lowest BCUT2D eigenvalue weighted by molar-refractivity contribution is 0.579. The predicted octanol–water partition coefficient (Wildman–Crippen LogP) is 1.23. The maximum absolute atomic E-state index is 11.3. The van der Waals surface area contributed by atoms with Crippen LogP contribution in [-0.4, -0.2) is 18.2 Å². The molecule has 2 heterocycles. The van der Waals surface area contributed by atoms with Crippen molar-refractivity contribution in [3.05, 3.63) is 48.2 Å². The molecule has 0 saturated heterocycles. The van der Waals surface area contributed by atoms with E-state index in [0.29, 0.717) is 17.1 Å². The summed E-state index contributed by atoms with van der Waals surface area (Å²) >= 11 is 0. The van der Waals surface area contributed by atoms with E-state index < -0.39 is 10.0 Å². The lowest BCUT2D eigenvalue weighted by atomic mass is 10.2. The summed E-state index contributed by atoms with van der Waals surface area (Å²) in [7, 11) is -3.78. The van der Waals surface area contributed by atoms with Crippen molar-refractivity contribution in [3.8, 4) is 23.2 Å². The molecule has 3 aromatic rings. The molecule has 9 heteroatoms. The number of furan rings is 1. The van der Waals surface area contributed by atoms with Gasteiger partial charge in [0, 0.05) is 0 Å². The zero-order chi connectivity index (χ0) is 16.6. The number of sulfonamides is 1. The molecule has 0 atom stereocenters. The van der Waals surface area contributed by atoms with Crippen LogP contribution in [0.2, 0.25) is 0 Å². The number of hydrogen-bond acceptors (Lipinski definition) is 6. The van der Waals surface area contributed by atoms with Gasteiger partial charge in [-0.2, -0.15) is 10.4 Å². The molecule has 0 bridgehead atoms. The summed E-state index contributed by atoms with van der Waals surface area (Å²) in [5.41, 5.74) is 6.95. The molecule has 116 valence electrons. The minimum Gasteiger partial charge on any atom is -0.463 e. The van der Waals surface area contributed by atoms with E-state index in [-0.39, 0.29) is 16.3 Å². The van der Waals surface area contributed by atoms with Crippen molar-refractivity contribution >= 4 is 15.8 Å². The maximum atomic E-state index is 11.3. The molecule has 0 spiro atoms. The first-order valence-corrected chi connectivity index (χ1v) is 7.92. The molecule has 4 N–H and O–H groups in total. The van der Waals surface area contributed by atoms with Crippen LogP contribution < -0.4 is 10.9 Å². The van der Waals surface area contributed by atoms with Crippen LogP contribution in [0.5, 0.6) is 0 Å². The van der Waals surface area contributed by atoms with Crippen molar-refractivity contribution in [3.63, 3.8) is 0 Å². The van der Waals surface area contributed by atoms with Crippen molar-refractivity contribution in [2.45, 2.75) is 4.90 Å². The van der Waals surface area contributed by atoms with Crippen LogP contribution >= 0.6 is 0 Å². The van der Waals surface area contributed by atoms with Crippen LogP contribution in [0, 0.1) is 11.3 Å². The Balaban J connectivity index is 2.13. The predicted molar refractivity (Wildman–Crippen MR) is 81.8 cm³/mol. The van der Waals surface area contributed by atoms with Crippen molar-refractivity contribution in [2.75, 3.05) is 5.73 Å². The first kappa shape index (κ1) is 14.8. The highest BCUT2D eigenvalue weighted by Crippen LogP contribution is 2.29. The standard InChI is InChI=1S/C14H11N5O3S/c15-8-11-13(12-2-1-7-22-12)18-19(14(11)16)9-3-5-10(6-4-9)23(17,20)21/h1-7H,16H2,(H2,17,20,21). The molecular weight excluding hydrogens is 318 g/mol. The molecule has 1 aromatic carbocycles. The third-order valence-corrected chi connectivity index (χ3v) is 4.13. The number of nitriles is 1. The Morgan fingerprint density at radius 2 is 1.91 bits per heavy atom. The number of anilines is 1. The van der Waals surface area contributed by atoms with E-state index in [1.165, 1.54) is 35.2 Å². The summed E-state index contributed by atoms with van der Waals surface area (Å²) < 4.78 is 29.2. The highest BCUT2D eigenvalue weighted by molar-refractivity contribution is 7.89. The fourth-order valence-electron chi connectivity index (χ4n) is 2.10. The molecule has 23 heavy (non-hydrogen) atoms. The molecule has 0 fully saturated rings. The third-order valence-electron chi connectivity index (χ3n) is 3.20. The molecule has 0 unspecified atom stereocenters. The van der Waals surface area contributed by atoms with Crippen LogP contribution in [0.3, 0.4) is 0 Å². The summed E-state index contributed by atoms with van der Waals surface area (Å²) in [4.78, 5) is -0.0289. The van der Waals surface area contributed by atoms with Gasteiger partial charge in [-0.1, -0.05) is 0 Å². The first-order valence-electron chi connectivity index (χ1n) is 6.37. The fourth-order valence-corrected chi connectivity index (χ4v) is 2.62. The molecule has 0 aliphatic carbocycles. The number of nitrogens with two attached hydrogens (primary N) is 2. The minimum absolute atomic E-state index is 0.0289. The molecule has 0 saturated carbocycles. The molecule has 0 amide bonds. The number of aromatic nitrogens is 2. The molecule has 0 aliphatic heterocycles. The Labute approximate surface area is 131 Å². The van der Waals surface area contributed by atoms with E-state index in [4.69, 9.17) is 15.3 Å². The molecule has 3 rings (SSSR count). The van der Waals surface area contributed by atoms with E-state index in [1.54, 1.807) is 12.1 Å². The number of nitrogens with zero attached hydrogens (tertiary/aromatic N) is 3. The van der Waals surface area contributed by atoms with Crippen molar-refractivity contribution < 1.29 is 12.8 Å². The van der Waals surface area contributed by atoms with E-state index in [0.717, 1.165) is 0 Å². The molecule has 8 nitrogen and oxygen atoms in total. The number of nitrogen functional groups attached to an aromatic ring is 1. The largest absolute Gasteiger partial charge is 0.463 e. The first-order chi connectivity index (χ1) is 10.9. The topological polar surface area (TPSA) is 141 Å². The van der Waals surface area contributed by atoms with Gasteiger partial charge in [0.25, 0.3) is 0 Å². The Morgan fingerprint density at radius 3 is 2.43 bits per heavy atom. The molecule has 0 aliphatic rings. The quantitative estimate of drug-likeness (QED) is 0.740. The van der Waals surface area contributed by atoms with Gasteiger partial charge in [0.1, 0.15) is 23.1 Å². The summed E-state index contributed by atoms with van der Waals surface area (Å²) in [5, 5.41) is 18.6. The number of primary sulfonamides is 1. The van der Waals surface area contributed by atoms with Crippen molar-refractivity contribution in [1.82, 2.24) is 9.78 Å². The summed E-state index contributed by atoms with van der Waals surface area (Å²) in [6.45, 7) is 0. The Hall–Kier alpha value is -3.09.